The minimum Gasteiger partial charge on any atom is -0.300 e. The van der Waals surface area contributed by atoms with E-state index in [0.29, 0.717) is 10.3 Å². The van der Waals surface area contributed by atoms with Crippen LogP contribution in [0.25, 0.3) is 0 Å². The second-order valence-electron chi connectivity index (χ2n) is 8.62. The normalized spacial score (nSPS) is 17.4. The summed E-state index contributed by atoms with van der Waals surface area (Å²) in [6.45, 7) is 0. The summed E-state index contributed by atoms with van der Waals surface area (Å²) < 4.78 is 0. The molecule has 0 saturated heterocycles. The van der Waals surface area contributed by atoms with Gasteiger partial charge in [0.2, 0.25) is 22.1 Å². The number of pyridine rings is 2. The molecule has 0 aliphatic heterocycles. The Morgan fingerprint density at radius 3 is 1.72 bits per heavy atom. The number of carbonyl (C=O) groups is 2. The van der Waals surface area contributed by atoms with E-state index in [1.165, 1.54) is 22.7 Å². The van der Waals surface area contributed by atoms with Gasteiger partial charge >= 0.3 is 0 Å². The summed E-state index contributed by atoms with van der Waals surface area (Å²) >= 11 is 2.85. The number of nitrogens with zero attached hydrogens (tertiary/aromatic N) is 6. The monoisotopic (exact) mass is 520 g/mol. The highest BCUT2D eigenvalue weighted by Gasteiger charge is 2.29. The first-order valence-electron chi connectivity index (χ1n) is 11.7. The van der Waals surface area contributed by atoms with Gasteiger partial charge < -0.3 is 10.6 Å². The SMILES string of the molecule is O=C(Cc1cccnc1)Nc1nnc(C2CCCC(c3nnc(NC(=O)Cc4cccnc4)s3)C2)s1. The fraction of sp³-hybridized carbons (Fsp3) is 0.333. The van der Waals surface area contributed by atoms with E-state index in [2.05, 4.69) is 41.0 Å². The van der Waals surface area contributed by atoms with Gasteiger partial charge in [-0.05, 0) is 42.5 Å². The number of amides is 2. The molecule has 2 N–H and O–H groups in total. The maximum Gasteiger partial charge on any atom is 0.230 e. The minimum atomic E-state index is -0.140. The van der Waals surface area contributed by atoms with Crippen LogP contribution in [0.2, 0.25) is 0 Å². The van der Waals surface area contributed by atoms with Crippen molar-refractivity contribution < 1.29 is 9.59 Å². The van der Waals surface area contributed by atoms with Gasteiger partial charge in [-0.1, -0.05) is 41.2 Å². The van der Waals surface area contributed by atoms with Crippen LogP contribution in [0.4, 0.5) is 10.3 Å². The number of anilines is 2. The number of carbonyl (C=O) groups excluding carboxylic acids is 2. The third-order valence-corrected chi connectivity index (χ3v) is 7.92. The van der Waals surface area contributed by atoms with Crippen molar-refractivity contribution in [1.29, 1.82) is 0 Å². The fourth-order valence-corrected chi connectivity index (χ4v) is 6.06. The molecule has 4 aromatic heterocycles. The standard InChI is InChI=1S/C24H24N8O2S2/c33-19(10-15-4-2-8-25-13-15)27-23-31-29-21(35-23)17-6-1-7-18(12-17)22-30-32-24(36-22)28-20(34)11-16-5-3-9-26-14-16/h2-5,8-9,13-14,17-18H,1,6-7,10-12H2,(H,27,31,33)(H,28,32,34). The van der Waals surface area contributed by atoms with E-state index in [-0.39, 0.29) is 36.5 Å². The van der Waals surface area contributed by atoms with Crippen molar-refractivity contribution in [2.24, 2.45) is 0 Å². The third kappa shape index (κ3) is 6.32. The highest BCUT2D eigenvalue weighted by Crippen LogP contribution is 2.43. The number of aromatic nitrogens is 6. The van der Waals surface area contributed by atoms with Crippen LogP contribution in [0.5, 0.6) is 0 Å². The molecular weight excluding hydrogens is 496 g/mol. The van der Waals surface area contributed by atoms with Gasteiger partial charge in [-0.3, -0.25) is 19.6 Å². The zero-order chi connectivity index (χ0) is 24.7. The van der Waals surface area contributed by atoms with Crippen molar-refractivity contribution in [3.8, 4) is 0 Å². The summed E-state index contributed by atoms with van der Waals surface area (Å²) in [4.78, 5) is 32.8. The summed E-state index contributed by atoms with van der Waals surface area (Å²) in [5, 5.41) is 25.6. The van der Waals surface area contributed by atoms with E-state index in [1.54, 1.807) is 24.8 Å². The summed E-state index contributed by atoms with van der Waals surface area (Å²) in [5.74, 6) is 0.217. The lowest BCUT2D eigenvalue weighted by molar-refractivity contribution is -0.116. The first-order valence-corrected chi connectivity index (χ1v) is 13.3. The highest BCUT2D eigenvalue weighted by molar-refractivity contribution is 7.15. The predicted molar refractivity (Wildman–Crippen MR) is 137 cm³/mol. The fourth-order valence-electron chi connectivity index (χ4n) is 4.24. The van der Waals surface area contributed by atoms with Gasteiger partial charge in [0.15, 0.2) is 0 Å². The van der Waals surface area contributed by atoms with Crippen LogP contribution in [-0.4, -0.2) is 42.2 Å². The average molecular weight is 521 g/mol. The Kier molecular flexibility index (Phi) is 7.62. The molecule has 1 saturated carbocycles. The molecule has 10 nitrogen and oxygen atoms in total. The second-order valence-corrected chi connectivity index (χ2v) is 10.6. The van der Waals surface area contributed by atoms with Crippen molar-refractivity contribution in [1.82, 2.24) is 30.4 Å². The van der Waals surface area contributed by atoms with Crippen LogP contribution in [0.3, 0.4) is 0 Å². The number of hydrogen-bond donors (Lipinski definition) is 2. The van der Waals surface area contributed by atoms with Crippen molar-refractivity contribution in [3.05, 3.63) is 70.2 Å². The van der Waals surface area contributed by atoms with Gasteiger partial charge in [-0.15, -0.1) is 20.4 Å². The van der Waals surface area contributed by atoms with E-state index in [4.69, 9.17) is 0 Å². The Labute approximate surface area is 215 Å². The van der Waals surface area contributed by atoms with Gasteiger partial charge in [0.25, 0.3) is 0 Å². The van der Waals surface area contributed by atoms with Gasteiger partial charge in [0, 0.05) is 36.6 Å². The molecule has 1 aliphatic rings. The van der Waals surface area contributed by atoms with Crippen molar-refractivity contribution in [2.45, 2.75) is 50.4 Å². The van der Waals surface area contributed by atoms with Crippen molar-refractivity contribution >= 4 is 44.8 Å². The minimum absolute atomic E-state index is 0.140. The van der Waals surface area contributed by atoms with Crippen LogP contribution < -0.4 is 10.6 Å². The van der Waals surface area contributed by atoms with Crippen molar-refractivity contribution in [2.75, 3.05) is 10.6 Å². The summed E-state index contributed by atoms with van der Waals surface area (Å²) in [6.07, 6.45) is 11.2. The lowest BCUT2D eigenvalue weighted by Gasteiger charge is -2.25. The molecule has 2 amide bonds. The zero-order valence-corrected chi connectivity index (χ0v) is 21.0. The van der Waals surface area contributed by atoms with Crippen LogP contribution in [0.1, 0.15) is 58.7 Å². The average Bonchev–Trinajstić information content (AvgIpc) is 3.55. The molecule has 184 valence electrons. The molecule has 0 radical (unpaired) electrons. The Balaban J connectivity index is 1.15. The molecular formula is C24H24N8O2S2. The van der Waals surface area contributed by atoms with Gasteiger partial charge in [0.1, 0.15) is 10.0 Å². The predicted octanol–water partition coefficient (Wildman–Crippen LogP) is 3.98. The third-order valence-electron chi connectivity index (χ3n) is 5.92. The first-order chi connectivity index (χ1) is 17.6. The number of hydrogen-bond acceptors (Lipinski definition) is 10. The summed E-state index contributed by atoms with van der Waals surface area (Å²) in [7, 11) is 0. The van der Waals surface area contributed by atoms with E-state index in [0.717, 1.165) is 46.8 Å². The van der Waals surface area contributed by atoms with Crippen LogP contribution in [-0.2, 0) is 22.4 Å². The maximum atomic E-state index is 12.3. The van der Waals surface area contributed by atoms with Crippen LogP contribution in [0, 0.1) is 0 Å². The lowest BCUT2D eigenvalue weighted by Crippen LogP contribution is -2.14. The first kappa shape index (κ1) is 24.1. The quantitative estimate of drug-likeness (QED) is 0.356. The molecule has 4 aromatic rings. The Morgan fingerprint density at radius 1 is 0.778 bits per heavy atom. The summed E-state index contributed by atoms with van der Waals surface area (Å²) in [6, 6.07) is 7.35. The molecule has 12 heteroatoms. The molecule has 0 bridgehead atoms. The molecule has 1 aliphatic carbocycles. The largest absolute Gasteiger partial charge is 0.300 e. The maximum absolute atomic E-state index is 12.3. The smallest absolute Gasteiger partial charge is 0.230 e. The molecule has 2 unspecified atom stereocenters. The molecule has 5 rings (SSSR count). The second kappa shape index (κ2) is 11.4. The number of nitrogens with one attached hydrogen (secondary N) is 2. The Morgan fingerprint density at radius 2 is 1.28 bits per heavy atom. The van der Waals surface area contributed by atoms with E-state index in [1.807, 2.05) is 24.3 Å². The van der Waals surface area contributed by atoms with E-state index < -0.39 is 0 Å². The van der Waals surface area contributed by atoms with E-state index in [9.17, 15) is 9.59 Å². The highest BCUT2D eigenvalue weighted by atomic mass is 32.1. The summed E-state index contributed by atoms with van der Waals surface area (Å²) in [5.41, 5.74) is 1.69. The van der Waals surface area contributed by atoms with Gasteiger partial charge in [0.05, 0.1) is 12.8 Å². The Bertz CT molecular complexity index is 1210. The van der Waals surface area contributed by atoms with Gasteiger partial charge in [-0.2, -0.15) is 0 Å². The van der Waals surface area contributed by atoms with Crippen LogP contribution >= 0.6 is 22.7 Å². The molecule has 2 atom stereocenters. The number of rotatable bonds is 8. The van der Waals surface area contributed by atoms with E-state index >= 15 is 0 Å². The van der Waals surface area contributed by atoms with Gasteiger partial charge in [-0.25, -0.2) is 0 Å². The molecule has 0 spiro atoms. The van der Waals surface area contributed by atoms with Crippen molar-refractivity contribution in [3.63, 3.8) is 0 Å². The lowest BCUT2D eigenvalue weighted by atomic mass is 9.82. The topological polar surface area (TPSA) is 136 Å². The Hall–Kier alpha value is -3.64. The zero-order valence-electron chi connectivity index (χ0n) is 19.3. The van der Waals surface area contributed by atoms with Crippen LogP contribution in [0.15, 0.2) is 49.1 Å². The molecule has 1 fully saturated rings. The molecule has 0 aromatic carbocycles. The molecule has 4 heterocycles. The molecule has 36 heavy (non-hydrogen) atoms.